The molecule has 8 heteroatoms. The Morgan fingerprint density at radius 1 is 1.03 bits per heavy atom. The number of nitrogens with zero attached hydrogens (tertiary/aromatic N) is 1. The van der Waals surface area contributed by atoms with Crippen LogP contribution < -0.4 is 0 Å². The topological polar surface area (TPSA) is 89.9 Å². The third-order valence-corrected chi connectivity index (χ3v) is 11.9. The third kappa shape index (κ3) is 2.19. The van der Waals surface area contributed by atoms with Gasteiger partial charge < -0.3 is 33.9 Å². The van der Waals surface area contributed by atoms with Gasteiger partial charge in [0.1, 0.15) is 11.2 Å². The second kappa shape index (κ2) is 7.60. The first-order valence-electron chi connectivity index (χ1n) is 13.1. The zero-order valence-electron chi connectivity index (χ0n) is 21.5. The third-order valence-electron chi connectivity index (χ3n) is 11.9. The van der Waals surface area contributed by atoms with Crippen molar-refractivity contribution in [2.75, 3.05) is 55.2 Å². The second-order valence-electron chi connectivity index (χ2n) is 12.0. The van der Waals surface area contributed by atoms with Gasteiger partial charge in [0.2, 0.25) is 0 Å². The largest absolute Gasteiger partial charge is 0.396 e. The Kier molecular flexibility index (Phi) is 5.38. The number of aliphatic hydroxyl groups is 2. The highest BCUT2D eigenvalue weighted by Gasteiger charge is 2.91. The highest BCUT2D eigenvalue weighted by atomic mass is 16.5. The quantitative estimate of drug-likeness (QED) is 0.555. The van der Waals surface area contributed by atoms with Crippen molar-refractivity contribution in [3.05, 3.63) is 0 Å². The molecule has 7 unspecified atom stereocenters. The van der Waals surface area contributed by atoms with E-state index in [4.69, 9.17) is 23.7 Å². The van der Waals surface area contributed by atoms with Crippen LogP contribution in [0, 0.1) is 34.5 Å². The van der Waals surface area contributed by atoms with Crippen molar-refractivity contribution in [2.24, 2.45) is 34.5 Å². The lowest BCUT2D eigenvalue weighted by Crippen LogP contribution is -2.82. The summed E-state index contributed by atoms with van der Waals surface area (Å²) in [7, 11) is 8.85. The van der Waals surface area contributed by atoms with Crippen LogP contribution in [0.1, 0.15) is 32.6 Å². The molecule has 2 N–H and O–H groups in total. The van der Waals surface area contributed by atoms with Gasteiger partial charge in [-0.1, -0.05) is 6.92 Å². The molecule has 8 nitrogen and oxygen atoms in total. The van der Waals surface area contributed by atoms with E-state index in [1.54, 1.807) is 28.4 Å². The molecule has 7 bridgehead atoms. The Morgan fingerprint density at radius 2 is 1.79 bits per heavy atom. The highest BCUT2D eigenvalue weighted by Crippen LogP contribution is 2.81. The van der Waals surface area contributed by atoms with E-state index in [0.29, 0.717) is 6.42 Å². The molecule has 6 rings (SSSR count). The number of rotatable bonds is 7. The van der Waals surface area contributed by atoms with Crippen LogP contribution in [0.3, 0.4) is 0 Å². The molecule has 5 aliphatic carbocycles. The standard InChI is InChI=1S/C26H43NO7/c1-7-27-12-23(13-28)9-8-17(31-3)25-15-10-14-16(30-2)11-24(34-6,18(15)19(14)32-4)26(29,22(25)27)21(33-5)20(23)25/h14-22,28-29H,7-13H2,1-6H3/t14?,15?,16-,17-,18?,19-,20?,21-,22?,23-,24+,25?,26?/m0/s1. The van der Waals surface area contributed by atoms with Crippen molar-refractivity contribution >= 4 is 0 Å². The molecule has 0 aromatic heterocycles. The summed E-state index contributed by atoms with van der Waals surface area (Å²) in [6, 6.07) is -0.182. The number of aliphatic hydroxyl groups excluding tert-OH is 1. The SMILES string of the molecule is CCN1C[C@]2(CO)CC[C@H](OC)C34C5CC6[C@H](OC)C5[C@](OC)(C[C@@H]6OC)C(O)(C13)[C@@H](OC)C42. The lowest BCUT2D eigenvalue weighted by atomic mass is 9.42. The predicted molar refractivity (Wildman–Crippen MR) is 123 cm³/mol. The minimum Gasteiger partial charge on any atom is -0.396 e. The van der Waals surface area contributed by atoms with Gasteiger partial charge >= 0.3 is 0 Å². The number of hydrogen-bond acceptors (Lipinski definition) is 8. The van der Waals surface area contributed by atoms with Crippen LogP contribution in [0.15, 0.2) is 0 Å². The fraction of sp³-hybridized carbons (Fsp3) is 1.00. The molecule has 6 fully saturated rings. The number of hydrogen-bond donors (Lipinski definition) is 2. The van der Waals surface area contributed by atoms with Gasteiger partial charge in [-0.15, -0.1) is 0 Å². The molecular weight excluding hydrogens is 438 g/mol. The smallest absolute Gasteiger partial charge is 0.136 e. The van der Waals surface area contributed by atoms with E-state index in [0.717, 1.165) is 32.4 Å². The molecule has 1 aliphatic heterocycles. The molecule has 0 aromatic rings. The molecule has 0 radical (unpaired) electrons. The fourth-order valence-electron chi connectivity index (χ4n) is 11.4. The number of methoxy groups -OCH3 is 5. The Hall–Kier alpha value is -0.320. The van der Waals surface area contributed by atoms with Crippen molar-refractivity contribution in [2.45, 2.75) is 74.3 Å². The first-order valence-corrected chi connectivity index (χ1v) is 13.1. The van der Waals surface area contributed by atoms with E-state index in [-0.39, 0.29) is 65.5 Å². The van der Waals surface area contributed by atoms with E-state index in [9.17, 15) is 10.2 Å². The minimum atomic E-state index is -1.29. The van der Waals surface area contributed by atoms with Crippen LogP contribution in [-0.2, 0) is 23.7 Å². The van der Waals surface area contributed by atoms with Crippen molar-refractivity contribution < 1.29 is 33.9 Å². The summed E-state index contributed by atoms with van der Waals surface area (Å²) in [5, 5.41) is 24.3. The molecule has 0 amide bonds. The Labute approximate surface area is 203 Å². The average molecular weight is 482 g/mol. The van der Waals surface area contributed by atoms with E-state index in [2.05, 4.69) is 11.8 Å². The first kappa shape index (κ1) is 24.0. The van der Waals surface area contributed by atoms with Crippen LogP contribution in [0.2, 0.25) is 0 Å². The van der Waals surface area contributed by atoms with Gasteiger partial charge in [-0.25, -0.2) is 0 Å². The van der Waals surface area contributed by atoms with Gasteiger partial charge in [0, 0.05) is 77.1 Å². The molecule has 6 aliphatic rings. The maximum atomic E-state index is 13.3. The summed E-state index contributed by atoms with van der Waals surface area (Å²) < 4.78 is 31.6. The molecule has 34 heavy (non-hydrogen) atoms. The number of piperidine rings is 1. The summed E-state index contributed by atoms with van der Waals surface area (Å²) in [5.74, 6) is 0.437. The lowest BCUT2D eigenvalue weighted by molar-refractivity contribution is -0.326. The van der Waals surface area contributed by atoms with Gasteiger partial charge in [0.15, 0.2) is 0 Å². The maximum Gasteiger partial charge on any atom is 0.136 e. The van der Waals surface area contributed by atoms with Crippen LogP contribution >= 0.6 is 0 Å². The number of likely N-dealkylation sites (tertiary alicyclic amines) is 1. The first-order chi connectivity index (χ1) is 16.4. The van der Waals surface area contributed by atoms with Gasteiger partial charge in [0.05, 0.1) is 37.1 Å². The molecular formula is C26H43NO7. The van der Waals surface area contributed by atoms with Crippen LogP contribution in [0.5, 0.6) is 0 Å². The molecule has 1 saturated heterocycles. The second-order valence-corrected chi connectivity index (χ2v) is 12.0. The molecule has 0 aromatic carbocycles. The zero-order chi connectivity index (χ0) is 24.3. The van der Waals surface area contributed by atoms with E-state index >= 15 is 0 Å². The highest BCUT2D eigenvalue weighted by molar-refractivity contribution is 5.41. The van der Waals surface area contributed by atoms with Crippen molar-refractivity contribution in [3.63, 3.8) is 0 Å². The summed E-state index contributed by atoms with van der Waals surface area (Å²) in [4.78, 5) is 2.43. The lowest BCUT2D eigenvalue weighted by Gasteiger charge is -2.70. The molecule has 13 atom stereocenters. The normalized spacial score (nSPS) is 59.5. The molecule has 1 heterocycles. The van der Waals surface area contributed by atoms with Crippen LogP contribution in [0.4, 0.5) is 0 Å². The fourth-order valence-corrected chi connectivity index (χ4v) is 11.4. The van der Waals surface area contributed by atoms with E-state index in [1.165, 1.54) is 0 Å². The summed E-state index contributed by atoms with van der Waals surface area (Å²) in [5.41, 5.74) is -2.88. The predicted octanol–water partition coefficient (Wildman–Crippen LogP) is 0.925. The Balaban J connectivity index is 1.70. The molecule has 1 spiro atoms. The molecule has 194 valence electrons. The zero-order valence-corrected chi connectivity index (χ0v) is 21.5. The number of likely N-dealkylation sites (N-methyl/N-ethyl adjacent to an activating group) is 1. The Bertz CT molecular complexity index is 829. The minimum absolute atomic E-state index is 0.00625. The maximum absolute atomic E-state index is 13.3. The van der Waals surface area contributed by atoms with Gasteiger partial charge in [0.25, 0.3) is 0 Å². The monoisotopic (exact) mass is 481 g/mol. The van der Waals surface area contributed by atoms with Gasteiger partial charge in [-0.2, -0.15) is 0 Å². The van der Waals surface area contributed by atoms with Crippen molar-refractivity contribution in [3.8, 4) is 0 Å². The average Bonchev–Trinajstić information content (AvgIpc) is 3.26. The molecule has 5 saturated carbocycles. The summed E-state index contributed by atoms with van der Waals surface area (Å²) >= 11 is 0. The summed E-state index contributed by atoms with van der Waals surface area (Å²) in [6.45, 7) is 3.80. The van der Waals surface area contributed by atoms with Crippen LogP contribution in [0.25, 0.3) is 0 Å². The van der Waals surface area contributed by atoms with E-state index in [1.807, 2.05) is 7.11 Å². The summed E-state index contributed by atoms with van der Waals surface area (Å²) in [6.07, 6.45) is 2.67. The Morgan fingerprint density at radius 3 is 2.35 bits per heavy atom. The van der Waals surface area contributed by atoms with Crippen LogP contribution in [-0.4, -0.2) is 112 Å². The van der Waals surface area contributed by atoms with Crippen molar-refractivity contribution in [1.82, 2.24) is 4.90 Å². The number of ether oxygens (including phenoxy) is 5. The van der Waals surface area contributed by atoms with Gasteiger partial charge in [-0.05, 0) is 31.7 Å². The number of fused-ring (bicyclic) bond motifs is 2. The van der Waals surface area contributed by atoms with E-state index < -0.39 is 17.3 Å². The van der Waals surface area contributed by atoms with Gasteiger partial charge in [-0.3, -0.25) is 4.90 Å². The van der Waals surface area contributed by atoms with Crippen molar-refractivity contribution in [1.29, 1.82) is 0 Å².